The lowest BCUT2D eigenvalue weighted by molar-refractivity contribution is 0.130. The third-order valence-electron chi connectivity index (χ3n) is 4.49. The number of halogens is 2. The van der Waals surface area contributed by atoms with E-state index in [0.29, 0.717) is 42.9 Å². The molecular formula is C21H19Cl2N7O3S. The molecule has 4 rings (SSSR count). The lowest BCUT2D eigenvalue weighted by Crippen LogP contribution is -2.30. The number of carbonyl (C=O) groups is 2. The minimum absolute atomic E-state index is 0.244. The van der Waals surface area contributed by atoms with E-state index in [1.807, 2.05) is 0 Å². The van der Waals surface area contributed by atoms with E-state index in [9.17, 15) is 9.59 Å². The molecule has 0 aliphatic rings. The maximum absolute atomic E-state index is 12.6. The van der Waals surface area contributed by atoms with Crippen molar-refractivity contribution in [2.24, 2.45) is 0 Å². The van der Waals surface area contributed by atoms with Crippen molar-refractivity contribution in [2.75, 3.05) is 22.6 Å². The molecule has 4 aromatic rings. The van der Waals surface area contributed by atoms with Crippen LogP contribution in [0.15, 0.2) is 43.0 Å². The van der Waals surface area contributed by atoms with Gasteiger partial charge in [-0.2, -0.15) is 0 Å². The second kappa shape index (κ2) is 9.84. The van der Waals surface area contributed by atoms with E-state index >= 15 is 0 Å². The quantitative estimate of drug-likeness (QED) is 0.345. The van der Waals surface area contributed by atoms with Gasteiger partial charge in [-0.1, -0.05) is 34.5 Å². The van der Waals surface area contributed by atoms with Gasteiger partial charge in [0, 0.05) is 30.7 Å². The summed E-state index contributed by atoms with van der Waals surface area (Å²) in [5, 5.41) is 6.49. The van der Waals surface area contributed by atoms with Crippen molar-refractivity contribution < 1.29 is 14.3 Å². The predicted octanol–water partition coefficient (Wildman–Crippen LogP) is 5.78. The van der Waals surface area contributed by atoms with Crippen molar-refractivity contribution in [1.82, 2.24) is 19.4 Å². The van der Waals surface area contributed by atoms with Crippen LogP contribution in [0, 0.1) is 0 Å². The highest BCUT2D eigenvalue weighted by Gasteiger charge is 2.16. The highest BCUT2D eigenvalue weighted by Crippen LogP contribution is 2.31. The molecule has 0 fully saturated rings. The fourth-order valence-electron chi connectivity index (χ4n) is 2.95. The Kier molecular flexibility index (Phi) is 6.87. The van der Waals surface area contributed by atoms with Crippen molar-refractivity contribution in [1.29, 1.82) is 0 Å². The number of amides is 3. The number of nitrogens with zero attached hydrogens (tertiary/aromatic N) is 5. The van der Waals surface area contributed by atoms with Gasteiger partial charge in [0.1, 0.15) is 5.00 Å². The largest absolute Gasteiger partial charge is 0.447 e. The summed E-state index contributed by atoms with van der Waals surface area (Å²) < 4.78 is 7.08. The van der Waals surface area contributed by atoms with E-state index in [-0.39, 0.29) is 12.1 Å². The monoisotopic (exact) mass is 519 g/mol. The first-order chi connectivity index (χ1) is 16.2. The molecule has 176 valence electrons. The number of aromatic nitrogens is 4. The van der Waals surface area contributed by atoms with Gasteiger partial charge in [0.05, 0.1) is 34.9 Å². The maximum Gasteiger partial charge on any atom is 0.411 e. The Morgan fingerprint density at radius 3 is 2.62 bits per heavy atom. The SMILES string of the molecule is CC(C)OC(=O)Nc1cnc2nc(-c3cc(NC(=O)N(C)c4cnc(Cl)s4)ccc3Cl)cn2c1. The third-order valence-corrected chi connectivity index (χ3v) is 6.01. The number of ether oxygens (including phenoxy) is 1. The van der Waals surface area contributed by atoms with E-state index in [2.05, 4.69) is 25.6 Å². The molecular weight excluding hydrogens is 501 g/mol. The average Bonchev–Trinajstić information content (AvgIpc) is 3.39. The van der Waals surface area contributed by atoms with Crippen LogP contribution in [0.3, 0.4) is 0 Å². The van der Waals surface area contributed by atoms with Gasteiger partial charge < -0.3 is 10.1 Å². The van der Waals surface area contributed by atoms with Crippen LogP contribution in [0.4, 0.5) is 26.0 Å². The zero-order valence-corrected chi connectivity index (χ0v) is 20.6. The molecule has 0 atom stereocenters. The van der Waals surface area contributed by atoms with Crippen LogP contribution in [0.1, 0.15) is 13.8 Å². The highest BCUT2D eigenvalue weighted by molar-refractivity contribution is 7.19. The van der Waals surface area contributed by atoms with Crippen LogP contribution in [-0.4, -0.2) is 44.6 Å². The molecule has 3 heterocycles. The van der Waals surface area contributed by atoms with Crippen LogP contribution in [0.2, 0.25) is 9.49 Å². The summed E-state index contributed by atoms with van der Waals surface area (Å²) in [4.78, 5) is 38.6. The molecule has 0 radical (unpaired) electrons. The number of nitrogens with one attached hydrogen (secondary N) is 2. The summed E-state index contributed by atoms with van der Waals surface area (Å²) in [6, 6.07) is 4.71. The Morgan fingerprint density at radius 1 is 1.12 bits per heavy atom. The number of thiazole rings is 1. The molecule has 2 N–H and O–H groups in total. The van der Waals surface area contributed by atoms with Gasteiger partial charge in [-0.3, -0.25) is 14.6 Å². The molecule has 3 aromatic heterocycles. The topological polar surface area (TPSA) is 114 Å². The van der Waals surface area contributed by atoms with Gasteiger partial charge in [0.25, 0.3) is 0 Å². The first kappa shape index (κ1) is 23.7. The number of rotatable bonds is 5. The Hall–Kier alpha value is -3.41. The fraction of sp³-hybridized carbons (Fsp3) is 0.190. The zero-order chi connectivity index (χ0) is 24.4. The molecule has 10 nitrogen and oxygen atoms in total. The average molecular weight is 520 g/mol. The molecule has 13 heteroatoms. The number of urea groups is 1. The highest BCUT2D eigenvalue weighted by atomic mass is 35.5. The second-order valence-electron chi connectivity index (χ2n) is 7.39. The van der Waals surface area contributed by atoms with E-state index in [1.54, 1.807) is 55.9 Å². The Labute approximate surface area is 208 Å². The van der Waals surface area contributed by atoms with Crippen LogP contribution < -0.4 is 15.5 Å². The minimum atomic E-state index is -0.575. The number of anilines is 3. The van der Waals surface area contributed by atoms with Crippen LogP contribution >= 0.6 is 34.5 Å². The summed E-state index contributed by atoms with van der Waals surface area (Å²) >= 11 is 13.5. The minimum Gasteiger partial charge on any atom is -0.447 e. The number of fused-ring (bicyclic) bond motifs is 1. The first-order valence-electron chi connectivity index (χ1n) is 9.98. The van der Waals surface area contributed by atoms with Crippen LogP contribution in [0.25, 0.3) is 17.0 Å². The summed E-state index contributed by atoms with van der Waals surface area (Å²) in [7, 11) is 1.62. The van der Waals surface area contributed by atoms with E-state index in [0.717, 1.165) is 0 Å². The van der Waals surface area contributed by atoms with E-state index in [1.165, 1.54) is 28.6 Å². The first-order valence-corrected chi connectivity index (χ1v) is 11.5. The van der Waals surface area contributed by atoms with Gasteiger partial charge in [-0.25, -0.2) is 24.5 Å². The third kappa shape index (κ3) is 5.38. The Balaban J connectivity index is 1.55. The summed E-state index contributed by atoms with van der Waals surface area (Å²) in [6.45, 7) is 3.52. The summed E-state index contributed by atoms with van der Waals surface area (Å²) in [6.07, 6.45) is 5.57. The van der Waals surface area contributed by atoms with Crippen LogP contribution in [0.5, 0.6) is 0 Å². The fourth-order valence-corrected chi connectivity index (χ4v) is 4.05. The number of imidazole rings is 1. The zero-order valence-electron chi connectivity index (χ0n) is 18.2. The molecule has 0 bridgehead atoms. The van der Waals surface area contributed by atoms with E-state index < -0.39 is 6.09 Å². The van der Waals surface area contributed by atoms with Crippen molar-refractivity contribution >= 4 is 68.8 Å². The molecule has 0 aliphatic carbocycles. The molecule has 0 spiro atoms. The van der Waals surface area contributed by atoms with Crippen molar-refractivity contribution in [2.45, 2.75) is 20.0 Å². The van der Waals surface area contributed by atoms with Gasteiger partial charge in [0.2, 0.25) is 5.78 Å². The van der Waals surface area contributed by atoms with E-state index in [4.69, 9.17) is 27.9 Å². The lowest BCUT2D eigenvalue weighted by atomic mass is 10.1. The molecule has 34 heavy (non-hydrogen) atoms. The normalized spacial score (nSPS) is 11.0. The molecule has 3 amide bonds. The standard InChI is InChI=1S/C21H19Cl2N7O3S/c1-11(2)33-21(32)27-13-7-25-19-28-16(10-30(19)9-13)14-6-12(4-5-15(14)22)26-20(31)29(3)17-8-24-18(23)34-17/h4-11H,1-3H3,(H,26,31)(H,27,32). The van der Waals surface area contributed by atoms with Gasteiger partial charge >= 0.3 is 12.1 Å². The maximum atomic E-state index is 12.6. The number of hydrogen-bond donors (Lipinski definition) is 2. The second-order valence-corrected chi connectivity index (χ2v) is 9.39. The van der Waals surface area contributed by atoms with Crippen LogP contribution in [-0.2, 0) is 4.74 Å². The van der Waals surface area contributed by atoms with Crippen molar-refractivity contribution in [3.05, 3.63) is 52.5 Å². The molecule has 0 saturated heterocycles. The molecule has 0 aliphatic heterocycles. The number of hydrogen-bond acceptors (Lipinski definition) is 7. The van der Waals surface area contributed by atoms with Crippen molar-refractivity contribution in [3.8, 4) is 11.3 Å². The van der Waals surface area contributed by atoms with Gasteiger partial charge in [-0.05, 0) is 32.0 Å². The molecule has 0 unspecified atom stereocenters. The van der Waals surface area contributed by atoms with Crippen molar-refractivity contribution in [3.63, 3.8) is 0 Å². The van der Waals surface area contributed by atoms with Gasteiger partial charge in [-0.15, -0.1) is 0 Å². The van der Waals surface area contributed by atoms with Gasteiger partial charge in [0.15, 0.2) is 4.47 Å². The number of carbonyl (C=O) groups excluding carboxylic acids is 2. The smallest absolute Gasteiger partial charge is 0.411 e. The number of benzene rings is 1. The summed E-state index contributed by atoms with van der Waals surface area (Å²) in [5.74, 6) is 0.407. The summed E-state index contributed by atoms with van der Waals surface area (Å²) in [5.41, 5.74) is 2.11. The predicted molar refractivity (Wildman–Crippen MR) is 133 cm³/mol. The Morgan fingerprint density at radius 2 is 1.91 bits per heavy atom. The molecule has 1 aromatic carbocycles. The molecule has 0 saturated carbocycles. The Bertz CT molecular complexity index is 1370. The lowest BCUT2D eigenvalue weighted by Gasteiger charge is -2.16.